The summed E-state index contributed by atoms with van der Waals surface area (Å²) in [5.74, 6) is 0.103. The number of carbonyl (C=O) groups is 1. The molecule has 19 heavy (non-hydrogen) atoms. The Balaban J connectivity index is 2.01. The van der Waals surface area contributed by atoms with Crippen molar-refractivity contribution in [3.63, 3.8) is 0 Å². The molecule has 2 nitrogen and oxygen atoms in total. The molecular formula is C15H12ClNOS. The van der Waals surface area contributed by atoms with Crippen LogP contribution >= 0.6 is 23.4 Å². The van der Waals surface area contributed by atoms with Gasteiger partial charge in [-0.1, -0.05) is 35.9 Å². The van der Waals surface area contributed by atoms with Crippen LogP contribution in [0.1, 0.15) is 10.8 Å². The van der Waals surface area contributed by atoms with Gasteiger partial charge in [0.25, 0.3) is 0 Å². The van der Waals surface area contributed by atoms with Gasteiger partial charge in [0.1, 0.15) is 5.25 Å². The van der Waals surface area contributed by atoms with E-state index in [1.165, 1.54) is 0 Å². The number of anilines is 1. The molecule has 0 saturated carbocycles. The minimum atomic E-state index is -0.197. The number of likely N-dealkylation sites (N-methyl/N-ethyl adjacent to an activating group) is 1. The van der Waals surface area contributed by atoms with Crippen LogP contribution in [0.15, 0.2) is 53.4 Å². The number of hydrogen-bond acceptors (Lipinski definition) is 2. The van der Waals surface area contributed by atoms with Crippen LogP contribution in [-0.4, -0.2) is 13.0 Å². The van der Waals surface area contributed by atoms with Crippen molar-refractivity contribution >= 4 is 35.0 Å². The first-order valence-corrected chi connectivity index (χ1v) is 7.21. The number of fused-ring (bicyclic) bond motifs is 1. The van der Waals surface area contributed by atoms with Crippen LogP contribution in [0.2, 0.25) is 5.02 Å². The van der Waals surface area contributed by atoms with Crippen molar-refractivity contribution in [3.8, 4) is 0 Å². The van der Waals surface area contributed by atoms with E-state index in [2.05, 4.69) is 0 Å². The number of halogens is 1. The van der Waals surface area contributed by atoms with Gasteiger partial charge in [-0.2, -0.15) is 0 Å². The Morgan fingerprint density at radius 1 is 1.11 bits per heavy atom. The lowest BCUT2D eigenvalue weighted by Crippen LogP contribution is -2.33. The van der Waals surface area contributed by atoms with Crippen molar-refractivity contribution in [2.24, 2.45) is 0 Å². The highest BCUT2D eigenvalue weighted by Gasteiger charge is 2.32. The largest absolute Gasteiger partial charge is 0.313 e. The Hall–Kier alpha value is -1.45. The highest BCUT2D eigenvalue weighted by Crippen LogP contribution is 2.45. The van der Waals surface area contributed by atoms with Gasteiger partial charge in [0.05, 0.1) is 5.69 Å². The van der Waals surface area contributed by atoms with E-state index in [-0.39, 0.29) is 11.2 Å². The standard InChI is InChI=1S/C15H12ClNOS/c1-17-12-4-2-3-5-13(12)19-14(15(17)18)10-6-8-11(16)9-7-10/h2-9,14H,1H3. The van der Waals surface area contributed by atoms with E-state index < -0.39 is 0 Å². The summed E-state index contributed by atoms with van der Waals surface area (Å²) in [4.78, 5) is 15.3. The number of para-hydroxylation sites is 1. The molecule has 0 aromatic heterocycles. The molecule has 2 aromatic rings. The van der Waals surface area contributed by atoms with Crippen molar-refractivity contribution < 1.29 is 4.79 Å². The summed E-state index contributed by atoms with van der Waals surface area (Å²) in [6.07, 6.45) is 0. The number of hydrogen-bond donors (Lipinski definition) is 0. The van der Waals surface area contributed by atoms with Gasteiger partial charge in [0.15, 0.2) is 0 Å². The fraction of sp³-hybridized carbons (Fsp3) is 0.133. The van der Waals surface area contributed by atoms with Crippen LogP contribution in [0.4, 0.5) is 5.69 Å². The third-order valence-electron chi connectivity index (χ3n) is 3.20. The Bertz CT molecular complexity index is 626. The minimum absolute atomic E-state index is 0.103. The molecule has 1 atom stereocenters. The maximum absolute atomic E-state index is 12.4. The van der Waals surface area contributed by atoms with Gasteiger partial charge in [-0.3, -0.25) is 4.79 Å². The van der Waals surface area contributed by atoms with E-state index in [1.54, 1.807) is 16.7 Å². The molecular weight excluding hydrogens is 278 g/mol. The smallest absolute Gasteiger partial charge is 0.244 e. The molecule has 0 radical (unpaired) electrons. The molecule has 0 aliphatic carbocycles. The number of amides is 1. The average molecular weight is 290 g/mol. The first kappa shape index (κ1) is 12.6. The molecule has 1 aliphatic rings. The van der Waals surface area contributed by atoms with Gasteiger partial charge in [0, 0.05) is 17.0 Å². The molecule has 0 N–H and O–H groups in total. The summed E-state index contributed by atoms with van der Waals surface area (Å²) in [7, 11) is 1.82. The SMILES string of the molecule is CN1C(=O)C(c2ccc(Cl)cc2)Sc2ccccc21. The maximum Gasteiger partial charge on any atom is 0.244 e. The fourth-order valence-electron chi connectivity index (χ4n) is 2.15. The highest BCUT2D eigenvalue weighted by atomic mass is 35.5. The van der Waals surface area contributed by atoms with E-state index in [9.17, 15) is 4.79 Å². The van der Waals surface area contributed by atoms with Gasteiger partial charge < -0.3 is 4.90 Å². The lowest BCUT2D eigenvalue weighted by molar-refractivity contribution is -0.118. The highest BCUT2D eigenvalue weighted by molar-refractivity contribution is 8.00. The predicted octanol–water partition coefficient (Wildman–Crippen LogP) is 4.15. The molecule has 1 unspecified atom stereocenters. The lowest BCUT2D eigenvalue weighted by atomic mass is 10.1. The van der Waals surface area contributed by atoms with Gasteiger partial charge in [-0.05, 0) is 29.8 Å². The number of carbonyl (C=O) groups excluding carboxylic acids is 1. The zero-order valence-electron chi connectivity index (χ0n) is 10.3. The molecule has 1 heterocycles. The van der Waals surface area contributed by atoms with Crippen molar-refractivity contribution in [3.05, 3.63) is 59.1 Å². The van der Waals surface area contributed by atoms with Crippen LogP contribution in [-0.2, 0) is 4.79 Å². The molecule has 0 bridgehead atoms. The first-order valence-electron chi connectivity index (χ1n) is 5.95. The average Bonchev–Trinajstić information content (AvgIpc) is 2.44. The normalized spacial score (nSPS) is 18.3. The van der Waals surface area contributed by atoms with Crippen molar-refractivity contribution in [2.45, 2.75) is 10.1 Å². The number of benzene rings is 2. The van der Waals surface area contributed by atoms with Crippen LogP contribution in [0, 0.1) is 0 Å². The van der Waals surface area contributed by atoms with Crippen molar-refractivity contribution in [2.75, 3.05) is 11.9 Å². The second kappa shape index (κ2) is 4.91. The van der Waals surface area contributed by atoms with E-state index in [0.717, 1.165) is 16.1 Å². The summed E-state index contributed by atoms with van der Waals surface area (Å²) in [6, 6.07) is 15.4. The molecule has 0 saturated heterocycles. The van der Waals surface area contributed by atoms with E-state index >= 15 is 0 Å². The van der Waals surface area contributed by atoms with Gasteiger partial charge in [-0.25, -0.2) is 0 Å². The topological polar surface area (TPSA) is 20.3 Å². The second-order valence-corrected chi connectivity index (χ2v) is 6.00. The summed E-state index contributed by atoms with van der Waals surface area (Å²) in [5, 5.41) is 0.489. The molecule has 1 aliphatic heterocycles. The van der Waals surface area contributed by atoms with Gasteiger partial charge in [-0.15, -0.1) is 11.8 Å². The zero-order chi connectivity index (χ0) is 13.4. The van der Waals surface area contributed by atoms with E-state index in [4.69, 9.17) is 11.6 Å². The van der Waals surface area contributed by atoms with Crippen LogP contribution in [0.3, 0.4) is 0 Å². The second-order valence-electron chi connectivity index (χ2n) is 4.41. The first-order chi connectivity index (χ1) is 9.16. The Morgan fingerprint density at radius 2 is 1.79 bits per heavy atom. The molecule has 3 rings (SSSR count). The lowest BCUT2D eigenvalue weighted by Gasteiger charge is -2.31. The molecule has 1 amide bonds. The fourth-order valence-corrected chi connectivity index (χ4v) is 3.57. The molecule has 0 spiro atoms. The van der Waals surface area contributed by atoms with Gasteiger partial charge >= 0.3 is 0 Å². The Kier molecular flexibility index (Phi) is 3.25. The molecule has 0 fully saturated rings. The van der Waals surface area contributed by atoms with Crippen LogP contribution in [0.25, 0.3) is 0 Å². The van der Waals surface area contributed by atoms with Crippen LogP contribution < -0.4 is 4.90 Å². The summed E-state index contributed by atoms with van der Waals surface area (Å²) in [6.45, 7) is 0. The Labute approximate surface area is 121 Å². The number of thioether (sulfide) groups is 1. The number of rotatable bonds is 1. The van der Waals surface area contributed by atoms with Crippen molar-refractivity contribution in [1.29, 1.82) is 0 Å². The minimum Gasteiger partial charge on any atom is -0.313 e. The molecule has 2 aromatic carbocycles. The molecule has 96 valence electrons. The Morgan fingerprint density at radius 3 is 2.53 bits per heavy atom. The van der Waals surface area contributed by atoms with Gasteiger partial charge in [0.2, 0.25) is 5.91 Å². The summed E-state index contributed by atoms with van der Waals surface area (Å²) in [5.41, 5.74) is 1.96. The molecule has 4 heteroatoms. The monoisotopic (exact) mass is 289 g/mol. The summed E-state index contributed by atoms with van der Waals surface area (Å²) >= 11 is 7.49. The summed E-state index contributed by atoms with van der Waals surface area (Å²) < 4.78 is 0. The predicted molar refractivity (Wildman–Crippen MR) is 79.9 cm³/mol. The zero-order valence-corrected chi connectivity index (χ0v) is 11.9. The van der Waals surface area contributed by atoms with Crippen LogP contribution in [0.5, 0.6) is 0 Å². The quantitative estimate of drug-likeness (QED) is 0.786. The number of nitrogens with zero attached hydrogens (tertiary/aromatic N) is 1. The van der Waals surface area contributed by atoms with Crippen molar-refractivity contribution in [1.82, 2.24) is 0 Å². The van der Waals surface area contributed by atoms with E-state index in [1.807, 2.05) is 55.6 Å². The maximum atomic E-state index is 12.4. The third-order valence-corrected chi connectivity index (χ3v) is 4.76. The third kappa shape index (κ3) is 2.24. The van der Waals surface area contributed by atoms with E-state index in [0.29, 0.717) is 5.02 Å².